The number of anilines is 5. The largest absolute Gasteiger partial charge is 0.462 e. The van der Waals surface area contributed by atoms with E-state index in [1.807, 2.05) is 114 Å². The van der Waals surface area contributed by atoms with Crippen LogP contribution in [0, 0.1) is 6.92 Å². The van der Waals surface area contributed by atoms with Crippen molar-refractivity contribution in [1.82, 2.24) is 19.9 Å². The average molecular weight is 655 g/mol. The molecule has 0 saturated heterocycles. The van der Waals surface area contributed by atoms with E-state index in [-0.39, 0.29) is 0 Å². The van der Waals surface area contributed by atoms with Crippen LogP contribution in [0.25, 0.3) is 0 Å². The SMILES string of the molecule is CCOC(=O)c1cnc(N(c2ccccc2)c2ccccc2)nc1.CCOC(=O)c1cnc(Nc2ccccc2)nc1.Cc1ccccc1. The number of para-hydroxylation sites is 3. The molecule has 49 heavy (non-hydrogen) atoms. The molecule has 0 radical (unpaired) electrons. The van der Waals surface area contributed by atoms with Gasteiger partial charge in [-0.15, -0.1) is 0 Å². The lowest BCUT2D eigenvalue weighted by Crippen LogP contribution is -2.14. The monoisotopic (exact) mass is 654 g/mol. The van der Waals surface area contributed by atoms with E-state index < -0.39 is 11.9 Å². The maximum Gasteiger partial charge on any atom is 0.341 e. The predicted octanol–water partition coefficient (Wildman–Crippen LogP) is 8.52. The van der Waals surface area contributed by atoms with E-state index in [1.165, 1.54) is 30.4 Å². The molecular weight excluding hydrogens is 616 g/mol. The molecule has 6 rings (SSSR count). The van der Waals surface area contributed by atoms with Crippen LogP contribution in [-0.2, 0) is 9.47 Å². The van der Waals surface area contributed by atoms with E-state index in [1.54, 1.807) is 13.8 Å². The lowest BCUT2D eigenvalue weighted by molar-refractivity contribution is 0.0515. The van der Waals surface area contributed by atoms with Crippen LogP contribution >= 0.6 is 0 Å². The Labute approximate surface area is 286 Å². The molecule has 0 bridgehead atoms. The number of benzene rings is 4. The lowest BCUT2D eigenvalue weighted by atomic mass is 10.2. The van der Waals surface area contributed by atoms with Crippen LogP contribution in [0.15, 0.2) is 146 Å². The van der Waals surface area contributed by atoms with Crippen molar-refractivity contribution in [3.05, 3.63) is 163 Å². The molecule has 0 fully saturated rings. The Kier molecular flexibility index (Phi) is 13.9. The number of hydrogen-bond donors (Lipinski definition) is 1. The van der Waals surface area contributed by atoms with Crippen LogP contribution in [-0.4, -0.2) is 45.1 Å². The van der Waals surface area contributed by atoms with Gasteiger partial charge in [-0.25, -0.2) is 29.5 Å². The fraction of sp³-hybridized carbons (Fsp3) is 0.128. The Morgan fingerprint density at radius 2 is 0.959 bits per heavy atom. The first-order valence-corrected chi connectivity index (χ1v) is 15.7. The lowest BCUT2D eigenvalue weighted by Gasteiger charge is -2.22. The average Bonchev–Trinajstić information content (AvgIpc) is 3.15. The number of esters is 2. The zero-order valence-corrected chi connectivity index (χ0v) is 27.6. The highest BCUT2D eigenvalue weighted by Gasteiger charge is 2.16. The second-order valence-electron chi connectivity index (χ2n) is 10.2. The predicted molar refractivity (Wildman–Crippen MR) is 192 cm³/mol. The van der Waals surface area contributed by atoms with Crippen LogP contribution in [0.3, 0.4) is 0 Å². The van der Waals surface area contributed by atoms with Gasteiger partial charge in [-0.3, -0.25) is 4.90 Å². The Morgan fingerprint density at radius 1 is 0.571 bits per heavy atom. The fourth-order valence-electron chi connectivity index (χ4n) is 4.19. The van der Waals surface area contributed by atoms with Gasteiger partial charge in [0.05, 0.1) is 24.3 Å². The van der Waals surface area contributed by atoms with E-state index in [4.69, 9.17) is 9.47 Å². The topological polar surface area (TPSA) is 119 Å². The van der Waals surface area contributed by atoms with Gasteiger partial charge in [-0.2, -0.15) is 0 Å². The highest BCUT2D eigenvalue weighted by atomic mass is 16.5. The van der Waals surface area contributed by atoms with Gasteiger partial charge in [0, 0.05) is 41.8 Å². The van der Waals surface area contributed by atoms with Crippen molar-refractivity contribution >= 4 is 40.9 Å². The summed E-state index contributed by atoms with van der Waals surface area (Å²) >= 11 is 0. The van der Waals surface area contributed by atoms with Crippen molar-refractivity contribution in [3.8, 4) is 0 Å². The third-order valence-electron chi connectivity index (χ3n) is 6.51. The van der Waals surface area contributed by atoms with Gasteiger partial charge in [-0.1, -0.05) is 90.5 Å². The molecule has 0 spiro atoms. The summed E-state index contributed by atoms with van der Waals surface area (Å²) in [6.45, 7) is 6.26. The molecule has 0 atom stereocenters. The zero-order chi connectivity index (χ0) is 34.7. The summed E-state index contributed by atoms with van der Waals surface area (Å²) in [7, 11) is 0. The molecule has 10 heteroatoms. The maximum atomic E-state index is 11.7. The van der Waals surface area contributed by atoms with Crippen LogP contribution < -0.4 is 10.2 Å². The summed E-state index contributed by atoms with van der Waals surface area (Å²) in [5.74, 6) is 0.0912. The van der Waals surface area contributed by atoms with Gasteiger partial charge < -0.3 is 14.8 Å². The second kappa shape index (κ2) is 19.3. The van der Waals surface area contributed by atoms with Crippen molar-refractivity contribution < 1.29 is 19.1 Å². The number of nitrogens with zero attached hydrogens (tertiary/aromatic N) is 5. The molecule has 248 valence electrons. The Balaban J connectivity index is 0.000000189. The van der Waals surface area contributed by atoms with Crippen LogP contribution in [0.1, 0.15) is 40.1 Å². The number of carbonyl (C=O) groups excluding carboxylic acids is 2. The smallest absolute Gasteiger partial charge is 0.341 e. The molecule has 10 nitrogen and oxygen atoms in total. The molecule has 6 aromatic rings. The van der Waals surface area contributed by atoms with Crippen LogP contribution in [0.5, 0.6) is 0 Å². The molecule has 0 saturated carbocycles. The highest BCUT2D eigenvalue weighted by Crippen LogP contribution is 2.31. The summed E-state index contributed by atoms with van der Waals surface area (Å²) in [4.78, 5) is 41.9. The first-order chi connectivity index (χ1) is 24.0. The number of hydrogen-bond acceptors (Lipinski definition) is 10. The van der Waals surface area contributed by atoms with Crippen molar-refractivity contribution in [2.45, 2.75) is 20.8 Å². The van der Waals surface area contributed by atoms with E-state index in [0.717, 1.165) is 17.1 Å². The summed E-state index contributed by atoms with van der Waals surface area (Å²) in [6.07, 6.45) is 5.85. The molecule has 0 amide bonds. The molecule has 0 aliphatic carbocycles. The van der Waals surface area contributed by atoms with Crippen molar-refractivity contribution in [3.63, 3.8) is 0 Å². The summed E-state index contributed by atoms with van der Waals surface area (Å²) in [6, 6.07) is 39.5. The normalized spacial score (nSPS) is 9.86. The maximum absolute atomic E-state index is 11.7. The van der Waals surface area contributed by atoms with Gasteiger partial charge in [0.2, 0.25) is 11.9 Å². The van der Waals surface area contributed by atoms with Crippen LogP contribution in [0.4, 0.5) is 29.0 Å². The number of aromatic nitrogens is 4. The fourth-order valence-corrected chi connectivity index (χ4v) is 4.19. The number of ether oxygens (including phenoxy) is 2. The second-order valence-corrected chi connectivity index (χ2v) is 10.2. The van der Waals surface area contributed by atoms with Gasteiger partial charge >= 0.3 is 11.9 Å². The molecule has 0 aliphatic rings. The molecule has 2 heterocycles. The zero-order valence-electron chi connectivity index (χ0n) is 27.6. The van der Waals surface area contributed by atoms with Gasteiger partial charge in [0.25, 0.3) is 0 Å². The number of rotatable bonds is 9. The van der Waals surface area contributed by atoms with Crippen molar-refractivity contribution in [2.75, 3.05) is 23.4 Å². The van der Waals surface area contributed by atoms with E-state index >= 15 is 0 Å². The van der Waals surface area contributed by atoms with E-state index in [2.05, 4.69) is 44.3 Å². The minimum absolute atomic E-state index is 0.320. The number of aryl methyl sites for hydroxylation is 1. The molecule has 4 aromatic carbocycles. The molecule has 0 aliphatic heterocycles. The third kappa shape index (κ3) is 11.4. The Hall–Kier alpha value is -6.42. The minimum Gasteiger partial charge on any atom is -0.462 e. The summed E-state index contributed by atoms with van der Waals surface area (Å²) in [5, 5.41) is 3.03. The number of nitrogens with one attached hydrogen (secondary N) is 1. The van der Waals surface area contributed by atoms with Crippen molar-refractivity contribution in [1.29, 1.82) is 0 Å². The van der Waals surface area contributed by atoms with E-state index in [0.29, 0.717) is 36.2 Å². The Morgan fingerprint density at radius 3 is 1.35 bits per heavy atom. The molecular formula is C39H38N6O4. The quantitative estimate of drug-likeness (QED) is 0.152. The third-order valence-corrected chi connectivity index (χ3v) is 6.51. The van der Waals surface area contributed by atoms with Gasteiger partial charge in [0.15, 0.2) is 0 Å². The first-order valence-electron chi connectivity index (χ1n) is 15.7. The van der Waals surface area contributed by atoms with Crippen molar-refractivity contribution in [2.24, 2.45) is 0 Å². The molecule has 2 aromatic heterocycles. The first kappa shape index (κ1) is 35.4. The molecule has 1 N–H and O–H groups in total. The highest BCUT2D eigenvalue weighted by molar-refractivity contribution is 5.89. The number of carbonyl (C=O) groups is 2. The van der Waals surface area contributed by atoms with E-state index in [9.17, 15) is 9.59 Å². The van der Waals surface area contributed by atoms with Gasteiger partial charge in [-0.05, 0) is 57.2 Å². The molecule has 0 unspecified atom stereocenters. The van der Waals surface area contributed by atoms with Crippen LogP contribution in [0.2, 0.25) is 0 Å². The van der Waals surface area contributed by atoms with Gasteiger partial charge in [0.1, 0.15) is 0 Å². The summed E-state index contributed by atoms with van der Waals surface area (Å²) in [5.41, 5.74) is 4.76. The summed E-state index contributed by atoms with van der Waals surface area (Å²) < 4.78 is 9.81. The standard InChI is InChI=1S/C19H17N3O2.C13H13N3O2.C7H8/c1-2-24-18(23)15-13-20-19(21-14-15)22(16-9-5-3-6-10-16)17-11-7-4-8-12-17;1-2-18-12(17)10-8-14-13(15-9-10)16-11-6-4-3-5-7-11;1-7-5-3-2-4-6-7/h3-14H,2H2,1H3;3-9H,2H2,1H3,(H,14,15,16);2-6H,1H3. The minimum atomic E-state index is -0.421. The Bertz CT molecular complexity index is 1790.